The topological polar surface area (TPSA) is 46.3 Å². The third-order valence-electron chi connectivity index (χ3n) is 4.04. The number of amides is 1. The van der Waals surface area contributed by atoms with Gasteiger partial charge in [-0.25, -0.2) is 0 Å². The van der Waals surface area contributed by atoms with Gasteiger partial charge in [-0.05, 0) is 29.9 Å². The van der Waals surface area contributed by atoms with Gasteiger partial charge in [0.05, 0.1) is 0 Å². The van der Waals surface area contributed by atoms with Crippen molar-refractivity contribution in [1.82, 2.24) is 4.90 Å². The van der Waals surface area contributed by atoms with E-state index in [4.69, 9.17) is 5.73 Å². The maximum Gasteiger partial charge on any atom is 0.224 e. The first-order valence-corrected chi connectivity index (χ1v) is 7.18. The van der Waals surface area contributed by atoms with Crippen LogP contribution < -0.4 is 5.73 Å². The lowest BCUT2D eigenvalue weighted by atomic mass is 10.0. The second kappa shape index (κ2) is 6.20. The van der Waals surface area contributed by atoms with Crippen molar-refractivity contribution < 1.29 is 4.79 Å². The molecule has 3 heteroatoms. The highest BCUT2D eigenvalue weighted by molar-refractivity contribution is 5.77. The van der Waals surface area contributed by atoms with Crippen LogP contribution in [-0.2, 0) is 17.6 Å². The van der Waals surface area contributed by atoms with Gasteiger partial charge in [0.15, 0.2) is 0 Å². The molecule has 1 amide bonds. The van der Waals surface area contributed by atoms with Crippen LogP contribution >= 0.6 is 0 Å². The molecular weight excluding hydrogens is 236 g/mol. The number of nitrogens with two attached hydrogens (primary N) is 1. The molecule has 1 unspecified atom stereocenters. The van der Waals surface area contributed by atoms with Gasteiger partial charge in [-0.2, -0.15) is 0 Å². The Morgan fingerprint density at radius 3 is 2.21 bits per heavy atom. The Labute approximate surface area is 115 Å². The fourth-order valence-corrected chi connectivity index (χ4v) is 2.48. The smallest absolute Gasteiger partial charge is 0.224 e. The summed E-state index contributed by atoms with van der Waals surface area (Å²) >= 11 is 0. The van der Waals surface area contributed by atoms with Crippen LogP contribution in [0.1, 0.15) is 31.4 Å². The van der Waals surface area contributed by atoms with E-state index in [0.717, 1.165) is 25.9 Å². The van der Waals surface area contributed by atoms with Gasteiger partial charge in [-0.3, -0.25) is 4.79 Å². The van der Waals surface area contributed by atoms with Crippen LogP contribution in [-0.4, -0.2) is 29.9 Å². The highest BCUT2D eigenvalue weighted by atomic mass is 16.2. The van der Waals surface area contributed by atoms with Crippen LogP contribution in [0.3, 0.4) is 0 Å². The summed E-state index contributed by atoms with van der Waals surface area (Å²) in [5, 5.41) is 0. The van der Waals surface area contributed by atoms with Gasteiger partial charge in [0, 0.05) is 25.6 Å². The quantitative estimate of drug-likeness (QED) is 0.903. The van der Waals surface area contributed by atoms with Crippen molar-refractivity contribution in [2.75, 3.05) is 13.1 Å². The molecule has 1 aromatic carbocycles. The first kappa shape index (κ1) is 14.1. The van der Waals surface area contributed by atoms with Crippen molar-refractivity contribution in [3.63, 3.8) is 0 Å². The van der Waals surface area contributed by atoms with Crippen LogP contribution in [0.5, 0.6) is 0 Å². The van der Waals surface area contributed by atoms with Gasteiger partial charge in [-0.1, -0.05) is 38.1 Å². The Hall–Kier alpha value is -1.35. The highest BCUT2D eigenvalue weighted by Crippen LogP contribution is 2.16. The summed E-state index contributed by atoms with van der Waals surface area (Å²) in [6.07, 6.45) is 2.38. The number of fused-ring (bicyclic) bond motifs is 1. The van der Waals surface area contributed by atoms with E-state index in [1.165, 1.54) is 11.1 Å². The maximum absolute atomic E-state index is 12.3. The van der Waals surface area contributed by atoms with Gasteiger partial charge >= 0.3 is 0 Å². The summed E-state index contributed by atoms with van der Waals surface area (Å²) in [6.45, 7) is 5.77. The second-order valence-corrected chi connectivity index (χ2v) is 5.76. The molecule has 2 N–H and O–H groups in total. The molecule has 3 nitrogen and oxygen atoms in total. The van der Waals surface area contributed by atoms with Crippen LogP contribution in [0.25, 0.3) is 0 Å². The van der Waals surface area contributed by atoms with Crippen LogP contribution in [0, 0.1) is 5.92 Å². The summed E-state index contributed by atoms with van der Waals surface area (Å²) in [7, 11) is 0. The van der Waals surface area contributed by atoms with Crippen molar-refractivity contribution in [2.45, 2.75) is 39.2 Å². The van der Waals surface area contributed by atoms with E-state index in [0.29, 0.717) is 12.3 Å². The van der Waals surface area contributed by atoms with Crippen molar-refractivity contribution in [1.29, 1.82) is 0 Å². The molecule has 0 spiro atoms. The Kier molecular flexibility index (Phi) is 4.59. The lowest BCUT2D eigenvalue weighted by molar-refractivity contribution is -0.131. The molecule has 1 heterocycles. The van der Waals surface area contributed by atoms with E-state index in [2.05, 4.69) is 38.1 Å². The highest BCUT2D eigenvalue weighted by Gasteiger charge is 2.21. The standard InChI is InChI=1S/C16H24N2O/c1-12(2)15(17)11-16(19)18-9-7-13-5-3-4-6-14(13)8-10-18/h3-6,12,15H,7-11,17H2,1-2H3. The average molecular weight is 260 g/mol. The molecule has 0 aliphatic carbocycles. The molecule has 0 bridgehead atoms. The lowest BCUT2D eigenvalue weighted by Gasteiger charge is -2.23. The van der Waals surface area contributed by atoms with Gasteiger partial charge < -0.3 is 10.6 Å². The number of nitrogens with zero attached hydrogens (tertiary/aromatic N) is 1. The number of carbonyl (C=O) groups is 1. The normalized spacial score (nSPS) is 16.9. The Balaban J connectivity index is 1.96. The minimum Gasteiger partial charge on any atom is -0.342 e. The molecule has 0 saturated heterocycles. The fourth-order valence-electron chi connectivity index (χ4n) is 2.48. The predicted octanol–water partition coefficient (Wildman–Crippen LogP) is 1.99. The van der Waals surface area contributed by atoms with E-state index in [1.807, 2.05) is 4.90 Å². The van der Waals surface area contributed by atoms with E-state index in [9.17, 15) is 4.79 Å². The first-order chi connectivity index (χ1) is 9.08. The molecule has 0 aromatic heterocycles. The summed E-state index contributed by atoms with van der Waals surface area (Å²) < 4.78 is 0. The number of rotatable bonds is 3. The van der Waals surface area contributed by atoms with Crippen LogP contribution in [0.4, 0.5) is 0 Å². The summed E-state index contributed by atoms with van der Waals surface area (Å²) in [6, 6.07) is 8.46. The van der Waals surface area contributed by atoms with Crippen LogP contribution in [0.2, 0.25) is 0 Å². The van der Waals surface area contributed by atoms with Gasteiger partial charge in [0.2, 0.25) is 5.91 Å². The minimum absolute atomic E-state index is 0.0295. The van der Waals surface area contributed by atoms with Crippen molar-refractivity contribution in [3.8, 4) is 0 Å². The molecule has 1 aromatic rings. The van der Waals surface area contributed by atoms with Gasteiger partial charge in [0.25, 0.3) is 0 Å². The maximum atomic E-state index is 12.3. The van der Waals surface area contributed by atoms with E-state index in [1.54, 1.807) is 0 Å². The molecule has 0 radical (unpaired) electrons. The lowest BCUT2D eigenvalue weighted by Crippen LogP contribution is -2.39. The summed E-state index contributed by atoms with van der Waals surface area (Å²) in [5.41, 5.74) is 8.76. The molecule has 1 aliphatic rings. The van der Waals surface area contributed by atoms with Crippen molar-refractivity contribution >= 4 is 5.91 Å². The monoisotopic (exact) mass is 260 g/mol. The molecule has 104 valence electrons. The Morgan fingerprint density at radius 1 is 1.21 bits per heavy atom. The zero-order valence-electron chi connectivity index (χ0n) is 11.9. The molecule has 1 atom stereocenters. The average Bonchev–Trinajstić information content (AvgIpc) is 2.60. The van der Waals surface area contributed by atoms with Crippen molar-refractivity contribution in [3.05, 3.63) is 35.4 Å². The molecule has 2 rings (SSSR count). The number of hydrogen-bond acceptors (Lipinski definition) is 2. The van der Waals surface area contributed by atoms with Crippen molar-refractivity contribution in [2.24, 2.45) is 11.7 Å². The molecule has 19 heavy (non-hydrogen) atoms. The molecule has 1 aliphatic heterocycles. The van der Waals surface area contributed by atoms with Crippen LogP contribution in [0.15, 0.2) is 24.3 Å². The molecule has 0 fully saturated rings. The number of benzene rings is 1. The Bertz CT molecular complexity index is 415. The second-order valence-electron chi connectivity index (χ2n) is 5.76. The van der Waals surface area contributed by atoms with E-state index >= 15 is 0 Å². The third-order valence-corrected chi connectivity index (χ3v) is 4.04. The molecular formula is C16H24N2O. The fraction of sp³-hybridized carbons (Fsp3) is 0.562. The number of carbonyl (C=O) groups excluding carboxylic acids is 1. The van der Waals surface area contributed by atoms with E-state index in [-0.39, 0.29) is 11.9 Å². The summed E-state index contributed by atoms with van der Waals surface area (Å²) in [5.74, 6) is 0.558. The predicted molar refractivity (Wildman–Crippen MR) is 77.9 cm³/mol. The first-order valence-electron chi connectivity index (χ1n) is 7.18. The van der Waals surface area contributed by atoms with Gasteiger partial charge in [0.1, 0.15) is 0 Å². The molecule has 0 saturated carbocycles. The Morgan fingerprint density at radius 2 is 1.74 bits per heavy atom. The zero-order chi connectivity index (χ0) is 13.8. The largest absolute Gasteiger partial charge is 0.342 e. The third kappa shape index (κ3) is 3.57. The SMILES string of the molecule is CC(C)C(N)CC(=O)N1CCc2ccccc2CC1. The number of hydrogen-bond donors (Lipinski definition) is 1. The van der Waals surface area contributed by atoms with E-state index < -0.39 is 0 Å². The minimum atomic E-state index is -0.0295. The van der Waals surface area contributed by atoms with Gasteiger partial charge in [-0.15, -0.1) is 0 Å². The zero-order valence-corrected chi connectivity index (χ0v) is 11.9. The summed E-state index contributed by atoms with van der Waals surface area (Å²) in [4.78, 5) is 14.2.